The maximum Gasteiger partial charge on any atom is 0.160 e. The summed E-state index contributed by atoms with van der Waals surface area (Å²) >= 11 is 6.15. The Labute approximate surface area is 136 Å². The highest BCUT2D eigenvalue weighted by Gasteiger charge is 2.21. The molecular formula is C15H22Cl2N4. The topological polar surface area (TPSA) is 34.0 Å². The molecule has 21 heavy (non-hydrogen) atoms. The van der Waals surface area contributed by atoms with Crippen molar-refractivity contribution >= 4 is 40.9 Å². The molecule has 0 radical (unpaired) electrons. The maximum atomic E-state index is 6.15. The number of pyridine rings is 1. The SMILES string of the molecule is Cc1nn(C)c2nc(N3CCCC(C)C3)c(CCl)cc12.Cl. The average Bonchev–Trinajstić information content (AvgIpc) is 2.72. The minimum absolute atomic E-state index is 0. The molecule has 1 aliphatic rings. The van der Waals surface area contributed by atoms with E-state index in [-0.39, 0.29) is 12.4 Å². The second-order valence-corrected chi connectivity index (χ2v) is 6.15. The van der Waals surface area contributed by atoms with Crippen molar-refractivity contribution in [3.63, 3.8) is 0 Å². The van der Waals surface area contributed by atoms with Crippen LogP contribution in [0.15, 0.2) is 6.07 Å². The summed E-state index contributed by atoms with van der Waals surface area (Å²) in [5.74, 6) is 2.26. The third-order valence-corrected chi connectivity index (χ3v) is 4.44. The number of rotatable bonds is 2. The van der Waals surface area contributed by atoms with Gasteiger partial charge >= 0.3 is 0 Å². The van der Waals surface area contributed by atoms with Crippen LogP contribution in [-0.4, -0.2) is 27.9 Å². The number of hydrogen-bond acceptors (Lipinski definition) is 3. The van der Waals surface area contributed by atoms with Gasteiger partial charge in [0.05, 0.1) is 11.6 Å². The monoisotopic (exact) mass is 328 g/mol. The Kier molecular flexibility index (Phi) is 4.99. The number of halogens is 2. The van der Waals surface area contributed by atoms with Crippen LogP contribution in [0.25, 0.3) is 11.0 Å². The van der Waals surface area contributed by atoms with Gasteiger partial charge in [-0.15, -0.1) is 24.0 Å². The number of anilines is 1. The van der Waals surface area contributed by atoms with Gasteiger partial charge in [0.25, 0.3) is 0 Å². The van der Waals surface area contributed by atoms with Crippen molar-refractivity contribution in [3.8, 4) is 0 Å². The van der Waals surface area contributed by atoms with Crippen molar-refractivity contribution in [1.82, 2.24) is 14.8 Å². The van der Waals surface area contributed by atoms with Crippen molar-refractivity contribution in [2.24, 2.45) is 13.0 Å². The molecule has 2 aromatic heterocycles. The molecule has 1 fully saturated rings. The van der Waals surface area contributed by atoms with Crippen LogP contribution in [-0.2, 0) is 12.9 Å². The second-order valence-electron chi connectivity index (χ2n) is 5.88. The lowest BCUT2D eigenvalue weighted by Crippen LogP contribution is -2.35. The lowest BCUT2D eigenvalue weighted by atomic mass is 10.00. The van der Waals surface area contributed by atoms with E-state index in [4.69, 9.17) is 16.6 Å². The molecule has 116 valence electrons. The molecule has 3 rings (SSSR count). The van der Waals surface area contributed by atoms with Gasteiger partial charge in [-0.2, -0.15) is 5.10 Å². The number of piperidine rings is 1. The zero-order valence-electron chi connectivity index (χ0n) is 12.8. The Morgan fingerprint density at radius 1 is 1.43 bits per heavy atom. The minimum Gasteiger partial charge on any atom is -0.356 e. The number of alkyl halides is 1. The normalized spacial score (nSPS) is 18.9. The van der Waals surface area contributed by atoms with Crippen LogP contribution in [0, 0.1) is 12.8 Å². The largest absolute Gasteiger partial charge is 0.356 e. The molecule has 2 aromatic rings. The predicted octanol–water partition coefficient (Wildman–Crippen LogP) is 3.67. The van der Waals surface area contributed by atoms with Crippen LogP contribution >= 0.6 is 24.0 Å². The first-order chi connectivity index (χ1) is 9.60. The number of aromatic nitrogens is 3. The molecule has 3 heterocycles. The number of hydrogen-bond donors (Lipinski definition) is 0. The first-order valence-electron chi connectivity index (χ1n) is 7.24. The molecule has 1 aliphatic heterocycles. The first kappa shape index (κ1) is 16.4. The molecule has 1 saturated heterocycles. The molecule has 0 aromatic carbocycles. The molecule has 0 aliphatic carbocycles. The average molecular weight is 329 g/mol. The van der Waals surface area contributed by atoms with Crippen molar-refractivity contribution < 1.29 is 0 Å². The Balaban J connectivity index is 0.00000161. The Morgan fingerprint density at radius 2 is 2.19 bits per heavy atom. The van der Waals surface area contributed by atoms with Gasteiger partial charge in [-0.1, -0.05) is 6.92 Å². The highest BCUT2D eigenvalue weighted by atomic mass is 35.5. The van der Waals surface area contributed by atoms with Crippen LogP contribution < -0.4 is 4.90 Å². The lowest BCUT2D eigenvalue weighted by molar-refractivity contribution is 0.444. The maximum absolute atomic E-state index is 6.15. The van der Waals surface area contributed by atoms with Crippen LogP contribution in [0.3, 0.4) is 0 Å². The minimum atomic E-state index is 0. The molecule has 0 spiro atoms. The molecule has 0 bridgehead atoms. The smallest absolute Gasteiger partial charge is 0.160 e. The van der Waals surface area contributed by atoms with E-state index in [1.54, 1.807) is 0 Å². The second kappa shape index (κ2) is 6.41. The molecule has 0 amide bonds. The van der Waals surface area contributed by atoms with E-state index in [1.807, 2.05) is 18.7 Å². The van der Waals surface area contributed by atoms with E-state index in [0.717, 1.165) is 47.1 Å². The summed E-state index contributed by atoms with van der Waals surface area (Å²) in [5, 5.41) is 5.57. The van der Waals surface area contributed by atoms with Gasteiger partial charge in [0.15, 0.2) is 5.65 Å². The van der Waals surface area contributed by atoms with Gasteiger partial charge in [-0.25, -0.2) is 4.98 Å². The fourth-order valence-corrected chi connectivity index (χ4v) is 3.33. The summed E-state index contributed by atoms with van der Waals surface area (Å²) in [6, 6.07) is 2.16. The van der Waals surface area contributed by atoms with Crippen LogP contribution in [0.2, 0.25) is 0 Å². The molecule has 4 nitrogen and oxygen atoms in total. The van der Waals surface area contributed by atoms with E-state index in [9.17, 15) is 0 Å². The van der Waals surface area contributed by atoms with E-state index >= 15 is 0 Å². The number of fused-ring (bicyclic) bond motifs is 1. The molecular weight excluding hydrogens is 307 g/mol. The summed E-state index contributed by atoms with van der Waals surface area (Å²) in [7, 11) is 1.95. The van der Waals surface area contributed by atoms with Crippen molar-refractivity contribution in [1.29, 1.82) is 0 Å². The molecule has 1 unspecified atom stereocenters. The summed E-state index contributed by atoms with van der Waals surface area (Å²) in [6.07, 6.45) is 2.53. The van der Waals surface area contributed by atoms with Gasteiger partial charge in [0.2, 0.25) is 0 Å². The highest BCUT2D eigenvalue weighted by Crippen LogP contribution is 2.29. The van der Waals surface area contributed by atoms with E-state index < -0.39 is 0 Å². The van der Waals surface area contributed by atoms with Gasteiger partial charge < -0.3 is 4.90 Å². The predicted molar refractivity (Wildman–Crippen MR) is 90.7 cm³/mol. The fraction of sp³-hybridized carbons (Fsp3) is 0.600. The zero-order valence-corrected chi connectivity index (χ0v) is 14.3. The third kappa shape index (κ3) is 2.97. The van der Waals surface area contributed by atoms with Gasteiger partial charge in [0.1, 0.15) is 5.82 Å². The standard InChI is InChI=1S/C15H21ClN4.ClH/c1-10-5-4-6-20(9-10)14-12(8-16)7-13-11(2)18-19(3)15(13)17-14;/h7,10H,4-6,8-9H2,1-3H3;1H. The van der Waals surface area contributed by atoms with E-state index in [0.29, 0.717) is 5.88 Å². The van der Waals surface area contributed by atoms with Crippen LogP contribution in [0.4, 0.5) is 5.82 Å². The zero-order chi connectivity index (χ0) is 14.3. The quantitative estimate of drug-likeness (QED) is 0.788. The highest BCUT2D eigenvalue weighted by molar-refractivity contribution is 6.17. The summed E-state index contributed by atoms with van der Waals surface area (Å²) < 4.78 is 1.86. The van der Waals surface area contributed by atoms with Gasteiger partial charge in [-0.3, -0.25) is 4.68 Å². The number of nitrogens with zero attached hydrogens (tertiary/aromatic N) is 4. The van der Waals surface area contributed by atoms with Crippen molar-refractivity contribution in [2.45, 2.75) is 32.6 Å². The molecule has 0 saturated carbocycles. The van der Waals surface area contributed by atoms with Crippen molar-refractivity contribution in [3.05, 3.63) is 17.3 Å². The third-order valence-electron chi connectivity index (χ3n) is 4.16. The fourth-order valence-electron chi connectivity index (χ4n) is 3.13. The molecule has 0 N–H and O–H groups in total. The lowest BCUT2D eigenvalue weighted by Gasteiger charge is -2.33. The van der Waals surface area contributed by atoms with Crippen LogP contribution in [0.5, 0.6) is 0 Å². The Morgan fingerprint density at radius 3 is 2.86 bits per heavy atom. The van der Waals surface area contributed by atoms with E-state index in [1.165, 1.54) is 12.8 Å². The van der Waals surface area contributed by atoms with Crippen molar-refractivity contribution in [2.75, 3.05) is 18.0 Å². The molecule has 6 heteroatoms. The Hall–Kier alpha value is -1.00. The summed E-state index contributed by atoms with van der Waals surface area (Å²) in [6.45, 7) is 6.47. The Bertz CT molecular complexity index is 638. The van der Waals surface area contributed by atoms with E-state index in [2.05, 4.69) is 23.0 Å². The summed E-state index contributed by atoms with van der Waals surface area (Å²) in [5.41, 5.74) is 3.08. The van der Waals surface area contributed by atoms with Crippen LogP contribution in [0.1, 0.15) is 31.0 Å². The molecule has 1 atom stereocenters. The number of aryl methyl sites for hydroxylation is 2. The summed E-state index contributed by atoms with van der Waals surface area (Å²) in [4.78, 5) is 7.25. The first-order valence-corrected chi connectivity index (χ1v) is 7.77. The van der Waals surface area contributed by atoms with Gasteiger partial charge in [0, 0.05) is 31.1 Å². The van der Waals surface area contributed by atoms with Gasteiger partial charge in [-0.05, 0) is 31.7 Å².